The number of hydrogen-bond donors (Lipinski definition) is 0. The summed E-state index contributed by atoms with van der Waals surface area (Å²) in [7, 11) is 0. The summed E-state index contributed by atoms with van der Waals surface area (Å²) < 4.78 is 0. The van der Waals surface area contributed by atoms with Crippen LogP contribution in [0.5, 0.6) is 0 Å². The molecule has 0 bridgehead atoms. The number of nitrogens with zero attached hydrogens (tertiary/aromatic N) is 1. The van der Waals surface area contributed by atoms with Crippen LogP contribution < -0.4 is 0 Å². The molecule has 43 heavy (non-hydrogen) atoms. The molecule has 234 valence electrons. The van der Waals surface area contributed by atoms with Crippen LogP contribution in [0.25, 0.3) is 5.57 Å². The second-order valence-electron chi connectivity index (χ2n) is 15.3. The largest absolute Gasteiger partial charge is 0.198 e. The molecule has 0 radical (unpaired) electrons. The zero-order valence-electron chi connectivity index (χ0n) is 29.0. The van der Waals surface area contributed by atoms with Crippen molar-refractivity contribution in [2.24, 2.45) is 59.2 Å². The minimum Gasteiger partial charge on any atom is -0.198 e. The molecule has 1 nitrogen and oxygen atoms in total. The highest BCUT2D eigenvalue weighted by Gasteiger charge is 2.40. The quantitative estimate of drug-likeness (QED) is 0.275. The van der Waals surface area contributed by atoms with Crippen molar-refractivity contribution in [3.05, 3.63) is 76.9 Å². The van der Waals surface area contributed by atoms with E-state index in [1.165, 1.54) is 59.1 Å². The Morgan fingerprint density at radius 1 is 0.767 bits per heavy atom. The third-order valence-electron chi connectivity index (χ3n) is 12.9. The Morgan fingerprint density at radius 2 is 1.33 bits per heavy atom. The Bertz CT molecular complexity index is 1240. The van der Waals surface area contributed by atoms with Crippen LogP contribution in [0.15, 0.2) is 49.0 Å². The molecular formula is C42H61N. The van der Waals surface area contributed by atoms with E-state index in [-0.39, 0.29) is 5.92 Å². The first-order valence-electron chi connectivity index (χ1n) is 17.7. The molecule has 0 heterocycles. The van der Waals surface area contributed by atoms with Gasteiger partial charge in [0.2, 0.25) is 0 Å². The maximum Gasteiger partial charge on any atom is 0.0661 e. The van der Waals surface area contributed by atoms with Crippen molar-refractivity contribution in [1.82, 2.24) is 0 Å². The molecule has 0 saturated heterocycles. The molecule has 2 aromatic rings. The number of nitriles is 1. The topological polar surface area (TPSA) is 23.8 Å². The normalized spacial score (nSPS) is 33.5. The highest BCUT2D eigenvalue weighted by Crippen LogP contribution is 2.46. The summed E-state index contributed by atoms with van der Waals surface area (Å²) in [5.74, 6) is 6.93. The molecule has 0 aliphatic heterocycles. The summed E-state index contributed by atoms with van der Waals surface area (Å²) in [6.07, 6.45) is 8.32. The summed E-state index contributed by atoms with van der Waals surface area (Å²) in [5, 5.41) is 9.86. The molecule has 0 aromatic heterocycles. The Balaban J connectivity index is 1.47. The van der Waals surface area contributed by atoms with Gasteiger partial charge in [0.25, 0.3) is 0 Å². The molecule has 11 atom stereocenters. The van der Waals surface area contributed by atoms with Crippen molar-refractivity contribution in [3.8, 4) is 6.07 Å². The van der Waals surface area contributed by atoms with Gasteiger partial charge in [-0.3, -0.25) is 0 Å². The Kier molecular flexibility index (Phi) is 11.4. The Morgan fingerprint density at radius 3 is 1.93 bits per heavy atom. The van der Waals surface area contributed by atoms with E-state index in [1.54, 1.807) is 0 Å². The van der Waals surface area contributed by atoms with Crippen LogP contribution in [-0.4, -0.2) is 0 Å². The first kappa shape index (κ1) is 33.6. The van der Waals surface area contributed by atoms with Crippen LogP contribution >= 0.6 is 0 Å². The van der Waals surface area contributed by atoms with E-state index >= 15 is 0 Å². The maximum atomic E-state index is 9.86. The lowest BCUT2D eigenvalue weighted by atomic mass is 9.61. The number of benzene rings is 2. The highest BCUT2D eigenvalue weighted by molar-refractivity contribution is 5.68. The van der Waals surface area contributed by atoms with E-state index in [0.29, 0.717) is 29.6 Å². The highest BCUT2D eigenvalue weighted by atomic mass is 14.5. The first-order valence-corrected chi connectivity index (χ1v) is 17.7. The molecule has 0 amide bonds. The predicted octanol–water partition coefficient (Wildman–Crippen LogP) is 11.6. The van der Waals surface area contributed by atoms with E-state index in [2.05, 4.69) is 117 Å². The lowest BCUT2D eigenvalue weighted by Crippen LogP contribution is -2.37. The molecule has 2 fully saturated rings. The van der Waals surface area contributed by atoms with Crippen molar-refractivity contribution >= 4 is 5.57 Å². The summed E-state index contributed by atoms with van der Waals surface area (Å²) in [6.45, 7) is 25.9. The zero-order chi connectivity index (χ0) is 31.4. The molecule has 0 N–H and O–H groups in total. The van der Waals surface area contributed by atoms with E-state index in [1.807, 2.05) is 0 Å². The van der Waals surface area contributed by atoms with Crippen molar-refractivity contribution in [1.29, 1.82) is 5.26 Å². The van der Waals surface area contributed by atoms with Crippen LogP contribution in [0.3, 0.4) is 0 Å². The number of hydrogen-bond acceptors (Lipinski definition) is 1. The third-order valence-corrected chi connectivity index (χ3v) is 12.9. The average molecular weight is 580 g/mol. The third kappa shape index (κ3) is 7.32. The molecule has 1 heteroatoms. The summed E-state index contributed by atoms with van der Waals surface area (Å²) >= 11 is 0. The summed E-state index contributed by atoms with van der Waals surface area (Å²) in [5.41, 5.74) is 8.41. The fourth-order valence-electron chi connectivity index (χ4n) is 9.37. The van der Waals surface area contributed by atoms with Gasteiger partial charge in [0.15, 0.2) is 0 Å². The molecule has 2 aromatic carbocycles. The van der Waals surface area contributed by atoms with Crippen LogP contribution in [0, 0.1) is 70.5 Å². The summed E-state index contributed by atoms with van der Waals surface area (Å²) in [6, 6.07) is 19.3. The fraction of sp³-hybridized carbons (Fsp3) is 0.643. The van der Waals surface area contributed by atoms with Crippen LogP contribution in [0.1, 0.15) is 122 Å². The Labute approximate surface area is 265 Å². The lowest BCUT2D eigenvalue weighted by molar-refractivity contribution is 0.0647. The van der Waals surface area contributed by atoms with E-state index in [4.69, 9.17) is 0 Å². The average Bonchev–Trinajstić information content (AvgIpc) is 2.99. The van der Waals surface area contributed by atoms with Crippen LogP contribution in [-0.2, 0) is 19.3 Å². The van der Waals surface area contributed by atoms with Gasteiger partial charge in [0.05, 0.1) is 12.0 Å². The lowest BCUT2D eigenvalue weighted by Gasteiger charge is -2.44. The van der Waals surface area contributed by atoms with Gasteiger partial charge in [0, 0.05) is 0 Å². The van der Waals surface area contributed by atoms with E-state index in [9.17, 15) is 5.26 Å². The number of allylic oxidation sites excluding steroid dienone is 1. The van der Waals surface area contributed by atoms with Crippen LogP contribution in [0.4, 0.5) is 0 Å². The van der Waals surface area contributed by atoms with Gasteiger partial charge in [-0.05, 0) is 126 Å². The number of rotatable bonds is 10. The first-order chi connectivity index (χ1) is 20.5. The Hall–Kier alpha value is -2.33. The van der Waals surface area contributed by atoms with E-state index in [0.717, 1.165) is 48.9 Å². The molecule has 2 aliphatic rings. The molecule has 2 saturated carbocycles. The van der Waals surface area contributed by atoms with E-state index < -0.39 is 0 Å². The maximum absolute atomic E-state index is 9.86. The second-order valence-corrected chi connectivity index (χ2v) is 15.3. The molecular weight excluding hydrogens is 518 g/mol. The minimum atomic E-state index is 0.196. The predicted molar refractivity (Wildman–Crippen MR) is 186 cm³/mol. The SMILES string of the molecule is C=C(C)c1c(CC(C)c2ccc(C[C@@H]3C[C@H](CC)[C@@H](C)[C@H](C)[C@H]3C)cc2)cccc1C[C@@H]1C[C@H](CC)[C@@H](C#N)[C@H](C)[C@H]1C. The van der Waals surface area contributed by atoms with Crippen molar-refractivity contribution in [2.75, 3.05) is 0 Å². The van der Waals surface area contributed by atoms with Crippen molar-refractivity contribution in [3.63, 3.8) is 0 Å². The van der Waals surface area contributed by atoms with Gasteiger partial charge in [-0.25, -0.2) is 0 Å². The van der Waals surface area contributed by atoms with Crippen molar-refractivity contribution in [2.45, 2.75) is 113 Å². The van der Waals surface area contributed by atoms with Crippen molar-refractivity contribution < 1.29 is 0 Å². The minimum absolute atomic E-state index is 0.196. The van der Waals surface area contributed by atoms with Gasteiger partial charge in [-0.2, -0.15) is 5.26 Å². The van der Waals surface area contributed by atoms with Gasteiger partial charge >= 0.3 is 0 Å². The van der Waals surface area contributed by atoms with Gasteiger partial charge in [0.1, 0.15) is 0 Å². The molecule has 2 aliphatic carbocycles. The molecule has 0 spiro atoms. The molecule has 4 rings (SSSR count). The monoisotopic (exact) mass is 579 g/mol. The van der Waals surface area contributed by atoms with Gasteiger partial charge in [-0.15, -0.1) is 0 Å². The second kappa shape index (κ2) is 14.6. The molecule has 1 unspecified atom stereocenters. The van der Waals surface area contributed by atoms with Crippen LogP contribution in [0.2, 0.25) is 0 Å². The summed E-state index contributed by atoms with van der Waals surface area (Å²) in [4.78, 5) is 0. The van der Waals surface area contributed by atoms with Gasteiger partial charge < -0.3 is 0 Å². The zero-order valence-corrected chi connectivity index (χ0v) is 29.0. The smallest absolute Gasteiger partial charge is 0.0661 e. The standard InChI is InChI=1S/C42H61N/c1-11-34-22-39(30(8)28(6)29(34)7)21-33-16-18-36(19-17-33)27(5)20-37-14-13-15-38(42(37)26(3)4)24-40-23-35(12-2)41(25-43)32(10)31(40)9/h13-19,27-32,34-35,39-41H,3,11-12,20-24H2,1-2,4-10H3/t27?,28-,29-,30+,31+,32+,34-,35-,39+,40-,41-/m0/s1. The van der Waals surface area contributed by atoms with Gasteiger partial charge in [-0.1, -0.05) is 123 Å². The fourth-order valence-corrected chi connectivity index (χ4v) is 9.37.